The maximum atomic E-state index is 12.8. The van der Waals surface area contributed by atoms with E-state index in [-0.39, 0.29) is 23.5 Å². The van der Waals surface area contributed by atoms with Gasteiger partial charge in [0.25, 0.3) is 0 Å². The molecule has 0 fully saturated rings. The Labute approximate surface area is 147 Å². The highest BCUT2D eigenvalue weighted by atomic mass is 32.2. The van der Waals surface area contributed by atoms with E-state index in [2.05, 4.69) is 10.0 Å². The van der Waals surface area contributed by atoms with Crippen molar-refractivity contribution in [1.82, 2.24) is 4.72 Å². The summed E-state index contributed by atoms with van der Waals surface area (Å²) in [5.41, 5.74) is -0.688. The maximum Gasteiger partial charge on any atom is 0.416 e. The Bertz CT molecular complexity index is 864. The second kappa shape index (κ2) is 7.83. The van der Waals surface area contributed by atoms with Gasteiger partial charge < -0.3 is 5.32 Å². The molecule has 0 bridgehead atoms. The zero-order valence-electron chi connectivity index (χ0n) is 13.2. The van der Waals surface area contributed by atoms with Crippen molar-refractivity contribution in [3.63, 3.8) is 0 Å². The van der Waals surface area contributed by atoms with Gasteiger partial charge in [0.1, 0.15) is 5.82 Å². The van der Waals surface area contributed by atoms with Crippen LogP contribution >= 0.6 is 0 Å². The van der Waals surface area contributed by atoms with Gasteiger partial charge in [-0.3, -0.25) is 4.79 Å². The molecular weight excluding hydrogens is 376 g/mol. The molecule has 0 saturated heterocycles. The predicted octanol–water partition coefficient (Wildman–Crippen LogP) is 3.15. The van der Waals surface area contributed by atoms with Gasteiger partial charge in [-0.15, -0.1) is 0 Å². The summed E-state index contributed by atoms with van der Waals surface area (Å²) in [6.07, 6.45) is -4.71. The average Bonchev–Trinajstić information content (AvgIpc) is 2.54. The number of benzene rings is 2. The van der Waals surface area contributed by atoms with Gasteiger partial charge in [0.15, 0.2) is 0 Å². The number of sulfonamides is 1. The largest absolute Gasteiger partial charge is 0.416 e. The Morgan fingerprint density at radius 3 is 2.08 bits per heavy atom. The van der Waals surface area contributed by atoms with Crippen LogP contribution < -0.4 is 10.0 Å². The highest BCUT2D eigenvalue weighted by Crippen LogP contribution is 2.29. The van der Waals surface area contributed by atoms with Crippen molar-refractivity contribution in [2.45, 2.75) is 17.5 Å². The quantitative estimate of drug-likeness (QED) is 0.744. The van der Waals surface area contributed by atoms with Crippen LogP contribution in [0.25, 0.3) is 0 Å². The standard InChI is InChI=1S/C16H14F4N2O3S/c17-12-3-7-14(8-4-12)26(24,25)21-10-9-15(23)22-13-5-1-11(2-6-13)16(18,19)20/h1-8,21H,9-10H2,(H,22,23). The first-order valence-electron chi connectivity index (χ1n) is 7.30. The maximum absolute atomic E-state index is 12.8. The van der Waals surface area contributed by atoms with Crippen molar-refractivity contribution in [1.29, 1.82) is 0 Å². The molecule has 2 N–H and O–H groups in total. The molecule has 10 heteroatoms. The van der Waals surface area contributed by atoms with E-state index in [0.717, 1.165) is 48.5 Å². The lowest BCUT2D eigenvalue weighted by Gasteiger charge is -2.09. The molecule has 140 valence electrons. The van der Waals surface area contributed by atoms with Gasteiger partial charge in [-0.05, 0) is 48.5 Å². The van der Waals surface area contributed by atoms with Crippen molar-refractivity contribution in [3.05, 3.63) is 59.9 Å². The molecule has 2 aromatic rings. The molecule has 2 aromatic carbocycles. The first-order chi connectivity index (χ1) is 12.1. The van der Waals surface area contributed by atoms with Crippen LogP contribution in [-0.2, 0) is 21.0 Å². The minimum atomic E-state index is -4.47. The third-order valence-electron chi connectivity index (χ3n) is 3.26. The number of alkyl halides is 3. The molecule has 0 aliphatic heterocycles. The van der Waals surface area contributed by atoms with Gasteiger partial charge in [-0.1, -0.05) is 0 Å². The van der Waals surface area contributed by atoms with E-state index in [1.807, 2.05) is 0 Å². The van der Waals surface area contributed by atoms with Crippen molar-refractivity contribution in [3.8, 4) is 0 Å². The predicted molar refractivity (Wildman–Crippen MR) is 86.3 cm³/mol. The second-order valence-corrected chi connectivity index (χ2v) is 6.99. The van der Waals surface area contributed by atoms with Crippen molar-refractivity contribution in [2.75, 3.05) is 11.9 Å². The smallest absolute Gasteiger partial charge is 0.326 e. The Morgan fingerprint density at radius 1 is 0.962 bits per heavy atom. The number of rotatable bonds is 6. The van der Waals surface area contributed by atoms with Crippen LogP contribution in [0, 0.1) is 5.82 Å². The summed E-state index contributed by atoms with van der Waals surface area (Å²) in [7, 11) is -3.89. The fraction of sp³-hybridized carbons (Fsp3) is 0.188. The molecule has 1 amide bonds. The molecule has 0 heterocycles. The highest BCUT2D eigenvalue weighted by Gasteiger charge is 2.29. The zero-order chi connectivity index (χ0) is 19.4. The van der Waals surface area contributed by atoms with Gasteiger partial charge in [0.2, 0.25) is 15.9 Å². The van der Waals surface area contributed by atoms with Crippen molar-refractivity contribution < 1.29 is 30.8 Å². The summed E-state index contributed by atoms with van der Waals surface area (Å²) >= 11 is 0. The molecule has 0 atom stereocenters. The van der Waals surface area contributed by atoms with Gasteiger partial charge in [0.05, 0.1) is 10.5 Å². The number of hydrogen-bond donors (Lipinski definition) is 2. The summed E-state index contributed by atoms with van der Waals surface area (Å²) in [6.45, 7) is -0.230. The second-order valence-electron chi connectivity index (χ2n) is 5.22. The van der Waals surface area contributed by atoms with E-state index in [0.29, 0.717) is 0 Å². The van der Waals surface area contributed by atoms with E-state index in [1.165, 1.54) is 0 Å². The minimum absolute atomic E-state index is 0.151. The van der Waals surface area contributed by atoms with E-state index in [9.17, 15) is 30.8 Å². The summed E-state index contributed by atoms with van der Waals surface area (Å²) in [6, 6.07) is 8.00. The molecular formula is C16H14F4N2O3S. The number of hydrogen-bond acceptors (Lipinski definition) is 3. The number of nitrogens with one attached hydrogen (secondary N) is 2. The van der Waals surface area contributed by atoms with Crippen LogP contribution in [-0.4, -0.2) is 20.9 Å². The monoisotopic (exact) mass is 390 g/mol. The van der Waals surface area contributed by atoms with Crippen molar-refractivity contribution >= 4 is 21.6 Å². The molecule has 0 spiro atoms. The van der Waals surface area contributed by atoms with Crippen molar-refractivity contribution in [2.24, 2.45) is 0 Å². The summed E-state index contributed by atoms with van der Waals surface area (Å²) in [5.74, 6) is -1.16. The van der Waals surface area contributed by atoms with Gasteiger partial charge in [-0.25, -0.2) is 17.5 Å². The molecule has 0 aliphatic carbocycles. The molecule has 0 unspecified atom stereocenters. The Balaban J connectivity index is 1.86. The Kier molecular flexibility index (Phi) is 5.98. The zero-order valence-corrected chi connectivity index (χ0v) is 14.0. The lowest BCUT2D eigenvalue weighted by Crippen LogP contribution is -2.27. The van der Waals surface area contributed by atoms with Crippen LogP contribution in [0.1, 0.15) is 12.0 Å². The Hall–Kier alpha value is -2.46. The summed E-state index contributed by atoms with van der Waals surface area (Å²) in [5, 5.41) is 2.36. The minimum Gasteiger partial charge on any atom is -0.326 e. The van der Waals surface area contributed by atoms with Gasteiger partial charge >= 0.3 is 6.18 Å². The van der Waals surface area contributed by atoms with Gasteiger partial charge in [-0.2, -0.15) is 13.2 Å². The molecule has 2 rings (SSSR count). The van der Waals surface area contributed by atoms with E-state index < -0.39 is 33.5 Å². The summed E-state index contributed by atoms with van der Waals surface area (Å²) < 4.78 is 76.2. The van der Waals surface area contributed by atoms with E-state index in [4.69, 9.17) is 0 Å². The highest BCUT2D eigenvalue weighted by molar-refractivity contribution is 7.89. The van der Waals surface area contributed by atoms with Gasteiger partial charge in [0, 0.05) is 18.7 Å². The van der Waals surface area contributed by atoms with Crippen LogP contribution in [0.4, 0.5) is 23.2 Å². The van der Waals surface area contributed by atoms with Crippen LogP contribution in [0.15, 0.2) is 53.4 Å². The molecule has 0 radical (unpaired) electrons. The third-order valence-corrected chi connectivity index (χ3v) is 4.74. The third kappa shape index (κ3) is 5.53. The number of halogens is 4. The molecule has 0 aliphatic rings. The lowest BCUT2D eigenvalue weighted by molar-refractivity contribution is -0.137. The lowest BCUT2D eigenvalue weighted by atomic mass is 10.2. The molecule has 5 nitrogen and oxygen atoms in total. The first kappa shape index (κ1) is 19.9. The summed E-state index contributed by atoms with van der Waals surface area (Å²) in [4.78, 5) is 11.6. The van der Waals surface area contributed by atoms with Crippen LogP contribution in [0.5, 0.6) is 0 Å². The topological polar surface area (TPSA) is 75.3 Å². The van der Waals surface area contributed by atoms with E-state index >= 15 is 0 Å². The number of carbonyl (C=O) groups excluding carboxylic acids is 1. The average molecular weight is 390 g/mol. The van der Waals surface area contributed by atoms with Crippen LogP contribution in [0.2, 0.25) is 0 Å². The number of carbonyl (C=O) groups is 1. The fourth-order valence-corrected chi connectivity index (χ4v) is 2.99. The first-order valence-corrected chi connectivity index (χ1v) is 8.78. The SMILES string of the molecule is O=C(CCNS(=O)(=O)c1ccc(F)cc1)Nc1ccc(C(F)(F)F)cc1. The van der Waals surface area contributed by atoms with Crippen LogP contribution in [0.3, 0.4) is 0 Å². The fourth-order valence-electron chi connectivity index (χ4n) is 1.96. The molecule has 26 heavy (non-hydrogen) atoms. The molecule has 0 aromatic heterocycles. The number of anilines is 1. The number of amides is 1. The molecule has 0 saturated carbocycles. The van der Waals surface area contributed by atoms with E-state index in [1.54, 1.807) is 0 Å². The normalized spacial score (nSPS) is 12.0. The Morgan fingerprint density at radius 2 is 1.54 bits per heavy atom.